The van der Waals surface area contributed by atoms with Crippen LogP contribution in [0.25, 0.3) is 6.08 Å². The number of hydrogen-bond acceptors (Lipinski definition) is 5. The summed E-state index contributed by atoms with van der Waals surface area (Å²) in [5.41, 5.74) is 3.09. The van der Waals surface area contributed by atoms with Crippen LogP contribution in [0, 0.1) is 11.8 Å². The fourth-order valence-corrected chi connectivity index (χ4v) is 5.57. The van der Waals surface area contributed by atoms with Crippen LogP contribution in [0.5, 0.6) is 5.75 Å². The quantitative estimate of drug-likeness (QED) is 0.238. The number of benzene rings is 2. The molecule has 0 spiro atoms. The van der Waals surface area contributed by atoms with E-state index in [0.717, 1.165) is 29.5 Å². The fourth-order valence-electron chi connectivity index (χ4n) is 4.43. The second-order valence-electron chi connectivity index (χ2n) is 11.7. The van der Waals surface area contributed by atoms with Gasteiger partial charge in [0.05, 0.1) is 25.7 Å². The predicted molar refractivity (Wildman–Crippen MR) is 152 cm³/mol. The van der Waals surface area contributed by atoms with Gasteiger partial charge in [0.15, 0.2) is 8.32 Å². The van der Waals surface area contributed by atoms with Gasteiger partial charge in [0.25, 0.3) is 0 Å². The molecule has 37 heavy (non-hydrogen) atoms. The maximum absolute atomic E-state index is 12.2. The first-order valence-corrected chi connectivity index (χ1v) is 16.2. The highest BCUT2D eigenvalue weighted by Gasteiger charge is 2.39. The Morgan fingerprint density at radius 1 is 1.19 bits per heavy atom. The van der Waals surface area contributed by atoms with Gasteiger partial charge in [-0.3, -0.25) is 4.79 Å². The molecule has 1 fully saturated rings. The average Bonchev–Trinajstić information content (AvgIpc) is 3.66. The lowest BCUT2D eigenvalue weighted by Gasteiger charge is -2.36. The summed E-state index contributed by atoms with van der Waals surface area (Å²) >= 11 is 6.27. The normalized spacial score (nSPS) is 17.0. The van der Waals surface area contributed by atoms with E-state index in [1.165, 1.54) is 7.11 Å². The average molecular weight is 545 g/mol. The van der Waals surface area contributed by atoms with E-state index in [1.807, 2.05) is 31.2 Å². The van der Waals surface area contributed by atoms with Gasteiger partial charge < -0.3 is 19.4 Å². The minimum absolute atomic E-state index is 0.0134. The molecule has 2 aromatic rings. The van der Waals surface area contributed by atoms with Gasteiger partial charge in [-0.05, 0) is 77.7 Å². The number of aromatic hydroxyl groups is 1. The predicted octanol–water partition coefficient (Wildman–Crippen LogP) is 7.62. The monoisotopic (exact) mass is 544 g/mol. The van der Waals surface area contributed by atoms with Crippen molar-refractivity contribution < 1.29 is 24.2 Å². The number of aliphatic hydroxyl groups is 1. The number of phenols is 1. The minimum Gasteiger partial charge on any atom is -0.507 e. The van der Waals surface area contributed by atoms with Crippen LogP contribution >= 0.6 is 11.6 Å². The Balaban J connectivity index is 1.79. The van der Waals surface area contributed by atoms with Gasteiger partial charge in [0.2, 0.25) is 0 Å². The lowest BCUT2D eigenvalue weighted by molar-refractivity contribution is -0.145. The molecule has 1 saturated carbocycles. The van der Waals surface area contributed by atoms with Gasteiger partial charge in [0.1, 0.15) is 5.75 Å². The standard InChI is InChI=1S/C30H41ClO5Si/c1-19(29(34)35-5)28(21-9-10-21)22-11-8-20(27(33)17-22)12-15-26(32)25-14-13-24(31)16-23(25)18-36-37(6,7)30(2,3)4/h8,11-17,19,21,26,28,32-33H,9-10,18H2,1-7H3/b15-12+/t19-,26?,28-/m0/s1. The van der Waals surface area contributed by atoms with Crippen molar-refractivity contribution in [2.24, 2.45) is 11.8 Å². The number of esters is 1. The van der Waals surface area contributed by atoms with Crippen molar-refractivity contribution in [3.05, 3.63) is 69.8 Å². The Bertz CT molecular complexity index is 1130. The summed E-state index contributed by atoms with van der Waals surface area (Å²) in [7, 11) is -0.575. The highest BCUT2D eigenvalue weighted by Crippen LogP contribution is 2.47. The Kier molecular flexibility index (Phi) is 9.33. The maximum atomic E-state index is 12.2. The van der Waals surface area contributed by atoms with Gasteiger partial charge in [0, 0.05) is 10.6 Å². The van der Waals surface area contributed by atoms with Crippen LogP contribution < -0.4 is 0 Å². The van der Waals surface area contributed by atoms with E-state index in [2.05, 4.69) is 33.9 Å². The molecule has 0 radical (unpaired) electrons. The number of phenolic OH excluding ortho intramolecular Hbond substituents is 1. The summed E-state index contributed by atoms with van der Waals surface area (Å²) in [6.07, 6.45) is 4.62. The van der Waals surface area contributed by atoms with Crippen molar-refractivity contribution >= 4 is 32.0 Å². The zero-order valence-electron chi connectivity index (χ0n) is 23.0. The van der Waals surface area contributed by atoms with Crippen LogP contribution in [0.1, 0.15) is 74.8 Å². The van der Waals surface area contributed by atoms with Crippen molar-refractivity contribution in [3.8, 4) is 5.75 Å². The van der Waals surface area contributed by atoms with Crippen LogP contribution in [0.2, 0.25) is 23.2 Å². The molecule has 1 unspecified atom stereocenters. The molecule has 0 saturated heterocycles. The molecule has 7 heteroatoms. The van der Waals surface area contributed by atoms with E-state index in [-0.39, 0.29) is 28.6 Å². The van der Waals surface area contributed by atoms with Gasteiger partial charge in [-0.2, -0.15) is 0 Å². The Hall–Kier alpha value is -2.12. The van der Waals surface area contributed by atoms with Crippen molar-refractivity contribution in [1.82, 2.24) is 0 Å². The first-order chi connectivity index (χ1) is 17.2. The molecule has 202 valence electrons. The highest BCUT2D eigenvalue weighted by atomic mass is 35.5. The van der Waals surface area contributed by atoms with Crippen LogP contribution in [0.15, 0.2) is 42.5 Å². The van der Waals surface area contributed by atoms with Gasteiger partial charge in [-0.15, -0.1) is 0 Å². The molecular formula is C30H41ClO5Si. The Morgan fingerprint density at radius 3 is 2.43 bits per heavy atom. The molecule has 0 aromatic heterocycles. The Morgan fingerprint density at radius 2 is 1.86 bits per heavy atom. The smallest absolute Gasteiger partial charge is 0.309 e. The molecule has 2 N–H and O–H groups in total. The number of ether oxygens (including phenoxy) is 1. The number of carbonyl (C=O) groups is 1. The third-order valence-corrected chi connectivity index (χ3v) is 12.7. The number of rotatable bonds is 10. The largest absolute Gasteiger partial charge is 0.507 e. The maximum Gasteiger partial charge on any atom is 0.309 e. The highest BCUT2D eigenvalue weighted by molar-refractivity contribution is 6.74. The van der Waals surface area contributed by atoms with Crippen molar-refractivity contribution in [2.45, 2.75) is 77.3 Å². The Labute approximate surface area is 227 Å². The number of halogens is 1. The third kappa shape index (κ3) is 7.26. The SMILES string of the molecule is COC(=O)[C@@H](C)[C@H](c1ccc(/C=C/C(O)c2ccc(Cl)cc2CO[Si](C)(C)C(C)(C)C)c(O)c1)C1CC1. The van der Waals surface area contributed by atoms with Crippen LogP contribution in [0.3, 0.4) is 0 Å². The van der Waals surface area contributed by atoms with Crippen molar-refractivity contribution in [3.63, 3.8) is 0 Å². The fraction of sp³-hybridized carbons (Fsp3) is 0.500. The summed E-state index contributed by atoms with van der Waals surface area (Å²) in [6, 6.07) is 10.9. The lowest BCUT2D eigenvalue weighted by atomic mass is 9.83. The summed E-state index contributed by atoms with van der Waals surface area (Å²) in [5, 5.41) is 22.4. The van der Waals surface area contributed by atoms with Gasteiger partial charge >= 0.3 is 5.97 Å². The number of hydrogen-bond donors (Lipinski definition) is 2. The second kappa shape index (κ2) is 11.7. The molecule has 3 rings (SSSR count). The van der Waals surface area contributed by atoms with Crippen LogP contribution in [0.4, 0.5) is 0 Å². The van der Waals surface area contributed by atoms with Gasteiger partial charge in [-0.25, -0.2) is 0 Å². The minimum atomic E-state index is -1.98. The summed E-state index contributed by atoms with van der Waals surface area (Å²) < 4.78 is 11.4. The van der Waals surface area contributed by atoms with Crippen molar-refractivity contribution in [1.29, 1.82) is 0 Å². The summed E-state index contributed by atoms with van der Waals surface area (Å²) in [6.45, 7) is 13.2. The van der Waals surface area contributed by atoms with Gasteiger partial charge in [-0.1, -0.05) is 69.6 Å². The lowest BCUT2D eigenvalue weighted by Crippen LogP contribution is -2.40. The number of methoxy groups -OCH3 is 1. The molecule has 3 atom stereocenters. The van der Waals surface area contributed by atoms with Crippen molar-refractivity contribution in [2.75, 3.05) is 7.11 Å². The first kappa shape index (κ1) is 29.4. The second-order valence-corrected chi connectivity index (χ2v) is 16.9. The van der Waals surface area contributed by atoms with Crippen LogP contribution in [-0.2, 0) is 20.6 Å². The zero-order valence-corrected chi connectivity index (χ0v) is 24.8. The molecule has 1 aliphatic rings. The molecule has 2 aromatic carbocycles. The van der Waals surface area contributed by atoms with E-state index >= 15 is 0 Å². The molecule has 1 aliphatic carbocycles. The zero-order chi connectivity index (χ0) is 27.5. The molecule has 5 nitrogen and oxygen atoms in total. The van der Waals surface area contributed by atoms with E-state index < -0.39 is 14.4 Å². The summed E-state index contributed by atoms with van der Waals surface area (Å²) in [5.74, 6) is 0.0334. The first-order valence-electron chi connectivity index (χ1n) is 12.9. The molecule has 0 heterocycles. The summed E-state index contributed by atoms with van der Waals surface area (Å²) in [4.78, 5) is 12.2. The van der Waals surface area contributed by atoms with E-state index in [4.69, 9.17) is 20.8 Å². The van der Waals surface area contributed by atoms with E-state index in [0.29, 0.717) is 23.1 Å². The topological polar surface area (TPSA) is 76.0 Å². The molecule has 0 aliphatic heterocycles. The number of aliphatic hydroxyl groups excluding tert-OH is 1. The third-order valence-electron chi connectivity index (χ3n) is 7.96. The van der Waals surface area contributed by atoms with E-state index in [9.17, 15) is 15.0 Å². The van der Waals surface area contributed by atoms with Crippen LogP contribution in [-0.4, -0.2) is 31.6 Å². The molecule has 0 bridgehead atoms. The van der Waals surface area contributed by atoms with E-state index in [1.54, 1.807) is 24.3 Å². The molecular weight excluding hydrogens is 504 g/mol. The number of carbonyl (C=O) groups excluding carboxylic acids is 1. The molecule has 0 amide bonds.